The molecule has 1 aliphatic carbocycles. The third kappa shape index (κ3) is 4.20. The van der Waals surface area contributed by atoms with E-state index in [9.17, 15) is 4.39 Å². The van der Waals surface area contributed by atoms with Crippen LogP contribution in [0.25, 0.3) is 0 Å². The van der Waals surface area contributed by atoms with Gasteiger partial charge in [-0.3, -0.25) is 0 Å². The average molecular weight is 298 g/mol. The Morgan fingerprint density at radius 2 is 2.05 bits per heavy atom. The van der Waals surface area contributed by atoms with E-state index in [4.69, 9.17) is 17.3 Å². The third-order valence-electron chi connectivity index (χ3n) is 4.61. The number of unbranched alkanes of at least 4 members (excludes halogenated alkanes) is 1. The Labute approximate surface area is 126 Å². The Balaban J connectivity index is 1.91. The monoisotopic (exact) mass is 297 g/mol. The van der Waals surface area contributed by atoms with Crippen molar-refractivity contribution in [2.45, 2.75) is 63.8 Å². The lowest BCUT2D eigenvalue weighted by atomic mass is 9.73. The van der Waals surface area contributed by atoms with Crippen LogP contribution in [0.5, 0.6) is 0 Å². The topological polar surface area (TPSA) is 26.0 Å². The molecular formula is C17H25ClFN. The predicted octanol–water partition coefficient (Wildman–Crippen LogP) is 5.10. The van der Waals surface area contributed by atoms with Gasteiger partial charge in [-0.05, 0) is 55.7 Å². The molecule has 0 aliphatic heterocycles. The summed E-state index contributed by atoms with van der Waals surface area (Å²) in [5.74, 6) is 0.498. The number of benzene rings is 1. The maximum absolute atomic E-state index is 13.5. The van der Waals surface area contributed by atoms with Gasteiger partial charge in [0.15, 0.2) is 0 Å². The Morgan fingerprint density at radius 1 is 1.35 bits per heavy atom. The molecule has 3 heteroatoms. The molecule has 0 aromatic heterocycles. The first-order valence-electron chi connectivity index (χ1n) is 7.75. The highest BCUT2D eigenvalue weighted by atomic mass is 35.5. The van der Waals surface area contributed by atoms with E-state index in [0.29, 0.717) is 0 Å². The molecule has 0 amide bonds. The normalized spacial score (nSPS) is 26.7. The van der Waals surface area contributed by atoms with Crippen molar-refractivity contribution in [1.82, 2.24) is 0 Å². The molecule has 1 saturated carbocycles. The smallest absolute Gasteiger partial charge is 0.142 e. The Morgan fingerprint density at radius 3 is 2.65 bits per heavy atom. The van der Waals surface area contributed by atoms with Crippen LogP contribution in [-0.4, -0.2) is 5.54 Å². The molecule has 0 spiro atoms. The van der Waals surface area contributed by atoms with Gasteiger partial charge in [0.05, 0.1) is 5.02 Å². The minimum atomic E-state index is -0.343. The Kier molecular flexibility index (Phi) is 5.45. The molecule has 2 N–H and O–H groups in total. The third-order valence-corrected chi connectivity index (χ3v) is 4.91. The van der Waals surface area contributed by atoms with Crippen molar-refractivity contribution in [3.63, 3.8) is 0 Å². The van der Waals surface area contributed by atoms with Crippen molar-refractivity contribution in [2.75, 3.05) is 0 Å². The lowest BCUT2D eigenvalue weighted by molar-refractivity contribution is 0.221. The molecule has 20 heavy (non-hydrogen) atoms. The van der Waals surface area contributed by atoms with Crippen molar-refractivity contribution < 1.29 is 4.39 Å². The minimum absolute atomic E-state index is 0.164. The van der Waals surface area contributed by atoms with Crippen molar-refractivity contribution in [2.24, 2.45) is 11.7 Å². The van der Waals surface area contributed by atoms with E-state index in [0.717, 1.165) is 30.7 Å². The van der Waals surface area contributed by atoms with Gasteiger partial charge >= 0.3 is 0 Å². The molecule has 1 aromatic rings. The second-order valence-corrected chi connectivity index (χ2v) is 6.78. The van der Waals surface area contributed by atoms with Gasteiger partial charge in [0.25, 0.3) is 0 Å². The highest BCUT2D eigenvalue weighted by Gasteiger charge is 2.31. The maximum Gasteiger partial charge on any atom is 0.142 e. The second kappa shape index (κ2) is 6.91. The lowest BCUT2D eigenvalue weighted by Gasteiger charge is -2.37. The molecule has 0 heterocycles. The fraction of sp³-hybridized carbons (Fsp3) is 0.647. The molecule has 1 aliphatic rings. The fourth-order valence-corrected chi connectivity index (χ4v) is 3.38. The predicted molar refractivity (Wildman–Crippen MR) is 83.5 cm³/mol. The quantitative estimate of drug-likeness (QED) is 0.804. The summed E-state index contributed by atoms with van der Waals surface area (Å²) in [6, 6.07) is 5.05. The van der Waals surface area contributed by atoms with Crippen LogP contribution in [0, 0.1) is 11.7 Å². The summed E-state index contributed by atoms with van der Waals surface area (Å²) in [6.45, 7) is 2.24. The maximum atomic E-state index is 13.5. The molecular weight excluding hydrogens is 273 g/mol. The van der Waals surface area contributed by atoms with E-state index in [-0.39, 0.29) is 16.4 Å². The fourth-order valence-electron chi connectivity index (χ4n) is 3.27. The van der Waals surface area contributed by atoms with Gasteiger partial charge in [-0.15, -0.1) is 0 Å². The van der Waals surface area contributed by atoms with Gasteiger partial charge in [0.2, 0.25) is 0 Å². The first-order valence-corrected chi connectivity index (χ1v) is 8.13. The number of rotatable bonds is 5. The lowest BCUT2D eigenvalue weighted by Crippen LogP contribution is -2.45. The van der Waals surface area contributed by atoms with Crippen molar-refractivity contribution in [3.05, 3.63) is 34.6 Å². The molecule has 1 fully saturated rings. The number of halogens is 2. The highest BCUT2D eigenvalue weighted by Crippen LogP contribution is 2.35. The first-order chi connectivity index (χ1) is 9.52. The summed E-state index contributed by atoms with van der Waals surface area (Å²) in [7, 11) is 0. The number of hydrogen-bond acceptors (Lipinski definition) is 1. The molecule has 0 saturated heterocycles. The number of hydrogen-bond donors (Lipinski definition) is 1. The SMILES string of the molecule is CCCCC1CCC(N)(Cc2ccc(Cl)c(F)c2)CC1. The van der Waals surface area contributed by atoms with E-state index < -0.39 is 0 Å². The van der Waals surface area contributed by atoms with Gasteiger partial charge in [0.1, 0.15) is 5.82 Å². The first kappa shape index (κ1) is 15.8. The summed E-state index contributed by atoms with van der Waals surface area (Å²) in [5, 5.41) is 0.183. The van der Waals surface area contributed by atoms with E-state index in [2.05, 4.69) is 6.92 Å². The Hall–Kier alpha value is -0.600. The molecule has 112 valence electrons. The molecule has 1 aromatic carbocycles. The molecule has 0 atom stereocenters. The van der Waals surface area contributed by atoms with Crippen molar-refractivity contribution in [1.29, 1.82) is 0 Å². The zero-order chi connectivity index (χ0) is 14.6. The summed E-state index contributed by atoms with van der Waals surface area (Å²) in [4.78, 5) is 0. The van der Waals surface area contributed by atoms with Crippen LogP contribution in [0.2, 0.25) is 5.02 Å². The standard InChI is InChI=1S/C17H25ClFN/c1-2-3-4-13-7-9-17(20,10-8-13)12-14-5-6-15(18)16(19)11-14/h5-6,11,13H,2-4,7-10,12,20H2,1H3. The van der Waals surface area contributed by atoms with Gasteiger partial charge in [-0.25, -0.2) is 4.39 Å². The van der Waals surface area contributed by atoms with Crippen LogP contribution in [0.3, 0.4) is 0 Å². The van der Waals surface area contributed by atoms with Gasteiger partial charge in [-0.1, -0.05) is 43.9 Å². The van der Waals surface area contributed by atoms with Crippen LogP contribution in [0.4, 0.5) is 4.39 Å². The van der Waals surface area contributed by atoms with Crippen molar-refractivity contribution in [3.8, 4) is 0 Å². The summed E-state index contributed by atoms with van der Waals surface area (Å²) >= 11 is 5.72. The van der Waals surface area contributed by atoms with Crippen LogP contribution in [0.1, 0.15) is 57.4 Å². The zero-order valence-electron chi connectivity index (χ0n) is 12.3. The largest absolute Gasteiger partial charge is 0.325 e. The van der Waals surface area contributed by atoms with Gasteiger partial charge < -0.3 is 5.73 Å². The van der Waals surface area contributed by atoms with Crippen LogP contribution in [-0.2, 0) is 6.42 Å². The van der Waals surface area contributed by atoms with E-state index in [1.807, 2.05) is 6.07 Å². The van der Waals surface area contributed by atoms with Crippen LogP contribution in [0.15, 0.2) is 18.2 Å². The van der Waals surface area contributed by atoms with Crippen molar-refractivity contribution >= 4 is 11.6 Å². The highest BCUT2D eigenvalue weighted by molar-refractivity contribution is 6.30. The van der Waals surface area contributed by atoms with E-state index in [1.54, 1.807) is 6.07 Å². The molecule has 0 radical (unpaired) electrons. The van der Waals surface area contributed by atoms with Crippen LogP contribution < -0.4 is 5.73 Å². The zero-order valence-corrected chi connectivity index (χ0v) is 13.1. The summed E-state index contributed by atoms with van der Waals surface area (Å²) < 4.78 is 13.5. The summed E-state index contributed by atoms with van der Waals surface area (Å²) in [6.07, 6.45) is 9.21. The van der Waals surface area contributed by atoms with Gasteiger partial charge in [0, 0.05) is 5.54 Å². The summed E-state index contributed by atoms with van der Waals surface area (Å²) in [5.41, 5.74) is 7.31. The Bertz CT molecular complexity index is 439. The minimum Gasteiger partial charge on any atom is -0.325 e. The van der Waals surface area contributed by atoms with Gasteiger partial charge in [-0.2, -0.15) is 0 Å². The van der Waals surface area contributed by atoms with E-state index in [1.165, 1.54) is 38.2 Å². The van der Waals surface area contributed by atoms with Crippen LogP contribution >= 0.6 is 11.6 Å². The van der Waals surface area contributed by atoms with E-state index >= 15 is 0 Å². The molecule has 0 unspecified atom stereocenters. The molecule has 2 rings (SSSR count). The average Bonchev–Trinajstić information content (AvgIpc) is 2.42. The molecule has 1 nitrogen and oxygen atoms in total. The number of nitrogens with two attached hydrogens (primary N) is 1. The molecule has 0 bridgehead atoms. The second-order valence-electron chi connectivity index (χ2n) is 6.37.